The smallest absolute Gasteiger partial charge is 0.406 e. The molecule has 16 nitrogen and oxygen atoms in total. The van der Waals surface area contributed by atoms with Gasteiger partial charge in [0.05, 0.1) is 19.8 Å². The van der Waals surface area contributed by atoms with Crippen LogP contribution in [-0.4, -0.2) is 112 Å². The van der Waals surface area contributed by atoms with Crippen LogP contribution in [0, 0.1) is 33.8 Å². The fraction of sp³-hybridized carbons (Fsp3) is 0.515. The van der Waals surface area contributed by atoms with E-state index in [0.29, 0.717) is 30.0 Å². The molecule has 4 aromatic heterocycles. The number of aromatic nitrogens is 4. The highest BCUT2D eigenvalue weighted by atomic mass is 32.1. The fourth-order valence-electron chi connectivity index (χ4n) is 12.0. The van der Waals surface area contributed by atoms with Crippen LogP contribution in [-0.2, 0) is 32.2 Å². The van der Waals surface area contributed by atoms with Gasteiger partial charge in [0, 0.05) is 72.0 Å². The number of rotatable bonds is 15. The van der Waals surface area contributed by atoms with E-state index in [1.807, 2.05) is 67.1 Å². The summed E-state index contributed by atoms with van der Waals surface area (Å²) in [4.78, 5) is 36.0. The Hall–Kier alpha value is -6.32. The van der Waals surface area contributed by atoms with Crippen LogP contribution in [0.15, 0.2) is 85.5 Å². The molecule has 18 heteroatoms. The summed E-state index contributed by atoms with van der Waals surface area (Å²) in [6, 6.07) is 19.7. The summed E-state index contributed by atoms with van der Waals surface area (Å²) in [5.74, 6) is 15.4. The molecule has 0 spiro atoms. The van der Waals surface area contributed by atoms with E-state index in [1.165, 1.54) is 11.2 Å². The fourth-order valence-corrected chi connectivity index (χ4v) is 14.1. The third-order valence-electron chi connectivity index (χ3n) is 17.0. The van der Waals surface area contributed by atoms with E-state index >= 15 is 0 Å². The molecule has 6 fully saturated rings. The average Bonchev–Trinajstić information content (AvgIpc) is 4.49. The van der Waals surface area contributed by atoms with Gasteiger partial charge in [-0.15, -0.1) is 22.7 Å². The Balaban J connectivity index is 0.000000176. The molecule has 6 aliphatic rings. The second-order valence-corrected chi connectivity index (χ2v) is 25.5. The molecule has 442 valence electrons. The van der Waals surface area contributed by atoms with Gasteiger partial charge in [-0.3, -0.25) is 0 Å². The SMILES string of the molecule is CN1CCC(c2ncc(-c3cnc(N)c(OCc4cccc(C#CC5(OC6CCCCO6)CCCC5)c4)c3)s2)CC1.CN1CCC(c2ncc(-c3cnc([N+](=O)[O-])c(OCc4cccc(C#CC5(OC6CCCCO6)CCCC5)c4)c3)s2)CC1. The summed E-state index contributed by atoms with van der Waals surface area (Å²) < 4.78 is 36.8. The number of hydrogen-bond donors (Lipinski definition) is 1. The Bertz CT molecular complexity index is 3290. The van der Waals surface area contributed by atoms with Crippen LogP contribution in [0.25, 0.3) is 20.9 Å². The van der Waals surface area contributed by atoms with Gasteiger partial charge in [-0.25, -0.2) is 15.0 Å². The minimum absolute atomic E-state index is 0.128. The third-order valence-corrected chi connectivity index (χ3v) is 19.4. The second kappa shape index (κ2) is 28.3. The van der Waals surface area contributed by atoms with E-state index in [0.717, 1.165) is 203 Å². The zero-order valence-electron chi connectivity index (χ0n) is 48.6. The van der Waals surface area contributed by atoms with E-state index in [-0.39, 0.29) is 30.8 Å². The summed E-state index contributed by atoms with van der Waals surface area (Å²) in [6.45, 7) is 6.44. The van der Waals surface area contributed by atoms with E-state index in [1.54, 1.807) is 28.7 Å². The van der Waals surface area contributed by atoms with Gasteiger partial charge in [-0.2, -0.15) is 0 Å². The molecule has 2 N–H and O–H groups in total. The summed E-state index contributed by atoms with van der Waals surface area (Å²) in [5.41, 5.74) is 10.8. The molecule has 0 bridgehead atoms. The maximum Gasteiger partial charge on any atom is 0.406 e. The zero-order chi connectivity index (χ0) is 57.7. The predicted octanol–water partition coefficient (Wildman–Crippen LogP) is 13.1. The van der Waals surface area contributed by atoms with Crippen molar-refractivity contribution in [2.45, 2.75) is 164 Å². The van der Waals surface area contributed by atoms with Crippen molar-refractivity contribution in [1.82, 2.24) is 29.7 Å². The van der Waals surface area contributed by atoms with Crippen LogP contribution in [0.3, 0.4) is 0 Å². The van der Waals surface area contributed by atoms with E-state index in [4.69, 9.17) is 39.1 Å². The second-order valence-electron chi connectivity index (χ2n) is 23.4. The minimum atomic E-state index is -0.505. The Morgan fingerprint density at radius 2 is 1.07 bits per heavy atom. The summed E-state index contributed by atoms with van der Waals surface area (Å²) in [7, 11) is 4.33. The number of ether oxygens (including phenoxy) is 6. The normalized spacial score (nSPS) is 21.1. The van der Waals surface area contributed by atoms with Gasteiger partial charge >= 0.3 is 5.82 Å². The van der Waals surface area contributed by atoms with Gasteiger partial charge in [0.2, 0.25) is 5.75 Å². The first-order valence-electron chi connectivity index (χ1n) is 30.3. The first kappa shape index (κ1) is 59.4. The maximum absolute atomic E-state index is 11.8. The number of nitrogens with zero attached hydrogens (tertiary/aromatic N) is 7. The molecule has 84 heavy (non-hydrogen) atoms. The van der Waals surface area contributed by atoms with Crippen LogP contribution < -0.4 is 15.2 Å². The first-order valence-corrected chi connectivity index (χ1v) is 31.9. The van der Waals surface area contributed by atoms with E-state index in [9.17, 15) is 10.1 Å². The number of hydrogen-bond acceptors (Lipinski definition) is 17. The maximum atomic E-state index is 11.8. The molecule has 2 aromatic carbocycles. The van der Waals surface area contributed by atoms with Crippen molar-refractivity contribution in [3.8, 4) is 56.1 Å². The Morgan fingerprint density at radius 1 is 0.607 bits per heavy atom. The van der Waals surface area contributed by atoms with E-state index < -0.39 is 16.1 Å². The number of anilines is 1. The number of likely N-dealkylation sites (tertiary alicyclic amines) is 2. The first-order chi connectivity index (χ1) is 41.0. The lowest BCUT2D eigenvalue weighted by Crippen LogP contribution is -2.35. The van der Waals surface area contributed by atoms with Crippen molar-refractivity contribution >= 4 is 34.3 Å². The molecule has 6 aromatic rings. The highest BCUT2D eigenvalue weighted by Crippen LogP contribution is 2.41. The lowest BCUT2D eigenvalue weighted by Gasteiger charge is -2.31. The molecule has 0 radical (unpaired) electrons. The molecule has 4 saturated heterocycles. The molecule has 2 atom stereocenters. The van der Waals surface area contributed by atoms with Crippen molar-refractivity contribution in [3.05, 3.63) is 128 Å². The lowest BCUT2D eigenvalue weighted by atomic mass is 9.98. The summed E-state index contributed by atoms with van der Waals surface area (Å²) >= 11 is 3.38. The van der Waals surface area contributed by atoms with Gasteiger partial charge in [0.15, 0.2) is 24.1 Å². The molecule has 8 heterocycles. The van der Waals surface area contributed by atoms with Crippen molar-refractivity contribution in [1.29, 1.82) is 0 Å². The number of nitrogen functional groups attached to an aromatic ring is 1. The Morgan fingerprint density at radius 3 is 1.54 bits per heavy atom. The zero-order valence-corrected chi connectivity index (χ0v) is 50.2. The molecular formula is C66H78N8O8S2. The number of nitrogens with two attached hydrogens (primary N) is 1. The molecule has 2 saturated carbocycles. The summed E-state index contributed by atoms with van der Waals surface area (Å²) in [5, 5.41) is 14.1. The van der Waals surface area contributed by atoms with Crippen molar-refractivity contribution in [2.75, 3.05) is 59.2 Å². The highest BCUT2D eigenvalue weighted by Gasteiger charge is 2.38. The Labute approximate surface area is 502 Å². The third kappa shape index (κ3) is 15.8. The van der Waals surface area contributed by atoms with Crippen LogP contribution in [0.4, 0.5) is 11.6 Å². The van der Waals surface area contributed by atoms with Gasteiger partial charge in [-0.05, 0) is 207 Å². The van der Waals surface area contributed by atoms with Crippen LogP contribution in [0.1, 0.15) is 160 Å². The van der Waals surface area contributed by atoms with Crippen molar-refractivity contribution < 1.29 is 33.3 Å². The van der Waals surface area contributed by atoms with Gasteiger partial charge in [-0.1, -0.05) is 47.9 Å². The average molecular weight is 1180 g/mol. The van der Waals surface area contributed by atoms with Gasteiger partial charge in [0.1, 0.15) is 30.6 Å². The number of benzene rings is 2. The molecule has 4 aliphatic heterocycles. The standard InChI is InChI=1S/C33H38N4O5S.C33H40N4O3S/c1-36-16-11-26(12-17-36)32-35-22-29(43-32)27-20-28(31(34-21-27)37(38)39)41-23-25-8-6-7-24(19-25)10-15-33(13-3-4-14-33)42-30-9-2-5-18-40-30;1-37-16-11-26(12-17-37)32-36-22-29(41-32)27-20-28(31(34)35-21-27)39-23-25-8-6-7-24(19-25)10-15-33(13-3-4-14-33)40-30-9-2-5-18-38-30/h6-8,19-22,26,30H,2-5,9,11-14,16-18,23H2,1H3;6-8,19-22,26,30H,2-5,9,11-14,16-18,23H2,1H3,(H2,34,35). The van der Waals surface area contributed by atoms with Gasteiger partial charge < -0.3 is 54.1 Å². The molecule has 2 unspecified atom stereocenters. The lowest BCUT2D eigenvalue weighted by molar-refractivity contribution is -0.390. The highest BCUT2D eigenvalue weighted by molar-refractivity contribution is 7.15. The molecule has 12 rings (SSSR count). The number of piperidine rings is 2. The van der Waals surface area contributed by atoms with Crippen molar-refractivity contribution in [2.24, 2.45) is 0 Å². The number of thiazole rings is 2. The number of nitro groups is 1. The largest absolute Gasteiger partial charge is 0.485 e. The topological polar surface area (TPSA) is 183 Å². The molecule has 0 amide bonds. The predicted molar refractivity (Wildman–Crippen MR) is 328 cm³/mol. The monoisotopic (exact) mass is 1170 g/mol. The van der Waals surface area contributed by atoms with Gasteiger partial charge in [0.25, 0.3) is 0 Å². The summed E-state index contributed by atoms with van der Waals surface area (Å²) in [6.07, 6.45) is 25.9. The van der Waals surface area contributed by atoms with Crippen molar-refractivity contribution in [3.63, 3.8) is 0 Å². The molecular weight excluding hydrogens is 1100 g/mol. The Kier molecular flexibility index (Phi) is 20.0. The van der Waals surface area contributed by atoms with E-state index in [2.05, 4.69) is 68.6 Å². The molecule has 2 aliphatic carbocycles. The minimum Gasteiger partial charge on any atom is -0.485 e. The quantitative estimate of drug-likeness (QED) is 0.0582. The van der Waals surface area contributed by atoms with Crippen LogP contribution in [0.2, 0.25) is 0 Å². The van der Waals surface area contributed by atoms with Crippen LogP contribution >= 0.6 is 22.7 Å². The van der Waals surface area contributed by atoms with Crippen LogP contribution in [0.5, 0.6) is 11.5 Å². The number of pyridine rings is 2.